The molecule has 0 radical (unpaired) electrons. The van der Waals surface area contributed by atoms with Crippen LogP contribution in [0.1, 0.15) is 284 Å². The summed E-state index contributed by atoms with van der Waals surface area (Å²) in [5.41, 5.74) is 0. The maximum Gasteiger partial charge on any atom is 0.220 e. The monoisotopic (exact) mass is 1140 g/mol. The van der Waals surface area contributed by atoms with Crippen molar-refractivity contribution in [1.29, 1.82) is 0 Å². The summed E-state index contributed by atoms with van der Waals surface area (Å²) in [7, 11) is 0. The van der Waals surface area contributed by atoms with Gasteiger partial charge in [-0.3, -0.25) is 4.79 Å². The second-order valence-corrected chi connectivity index (χ2v) is 23.6. The molecule has 2 heterocycles. The minimum absolute atomic E-state index is 0.252. The summed E-state index contributed by atoms with van der Waals surface area (Å²) in [6, 6.07) is -0.934. The van der Waals surface area contributed by atoms with Crippen LogP contribution in [0.4, 0.5) is 0 Å². The first-order chi connectivity index (χ1) is 39.1. The summed E-state index contributed by atoms with van der Waals surface area (Å²) in [5, 5.41) is 86.8. The third-order valence-corrected chi connectivity index (χ3v) is 16.4. The van der Waals surface area contributed by atoms with Gasteiger partial charge in [0.05, 0.1) is 32.0 Å². The molecule has 0 bridgehead atoms. The van der Waals surface area contributed by atoms with Gasteiger partial charge in [0.25, 0.3) is 0 Å². The molecule has 0 aromatic carbocycles. The summed E-state index contributed by atoms with van der Waals surface area (Å²) in [6.07, 6.45) is 48.6. The van der Waals surface area contributed by atoms with Gasteiger partial charge in [-0.2, -0.15) is 0 Å². The number of carbonyl (C=O) groups excluding carboxylic acids is 1. The first kappa shape index (κ1) is 74.3. The van der Waals surface area contributed by atoms with Crippen LogP contribution in [0.3, 0.4) is 0 Å². The Morgan fingerprint density at radius 2 is 0.825 bits per heavy atom. The molecule has 14 heteroatoms. The Morgan fingerprint density at radius 3 is 1.23 bits per heavy atom. The molecule has 9 N–H and O–H groups in total. The Morgan fingerprint density at radius 1 is 0.463 bits per heavy atom. The van der Waals surface area contributed by atoms with E-state index in [4.69, 9.17) is 18.9 Å². The van der Waals surface area contributed by atoms with Crippen LogP contribution in [-0.4, -0.2) is 140 Å². The Kier molecular flexibility index (Phi) is 47.9. The normalized spacial score (nSPS) is 24.4. The number of hydrogen-bond donors (Lipinski definition) is 9. The second-order valence-electron chi connectivity index (χ2n) is 23.6. The number of amides is 1. The highest BCUT2D eigenvalue weighted by Gasteiger charge is 2.51. The van der Waals surface area contributed by atoms with E-state index in [2.05, 4.69) is 30.5 Å². The Balaban J connectivity index is 1.52. The van der Waals surface area contributed by atoms with Crippen molar-refractivity contribution in [2.45, 2.75) is 357 Å². The summed E-state index contributed by atoms with van der Waals surface area (Å²) in [6.45, 7) is 2.55. The van der Waals surface area contributed by atoms with Gasteiger partial charge in [-0.05, 0) is 39.0 Å². The zero-order chi connectivity index (χ0) is 58.1. The predicted octanol–water partition coefficient (Wildman–Crippen LogP) is 12.6. The molecule has 80 heavy (non-hydrogen) atoms. The third kappa shape index (κ3) is 36.1. The van der Waals surface area contributed by atoms with E-state index < -0.39 is 86.8 Å². The van der Waals surface area contributed by atoms with Crippen molar-refractivity contribution in [1.82, 2.24) is 5.32 Å². The molecule has 0 aromatic rings. The topological polar surface area (TPSA) is 228 Å². The highest BCUT2D eigenvalue weighted by molar-refractivity contribution is 5.76. The van der Waals surface area contributed by atoms with Crippen molar-refractivity contribution in [2.24, 2.45) is 0 Å². The first-order valence-electron chi connectivity index (χ1n) is 33.2. The molecular weight excluding hydrogens is 1010 g/mol. The maximum atomic E-state index is 13.2. The number of rotatable bonds is 54. The Labute approximate surface area is 487 Å². The van der Waals surface area contributed by atoms with Gasteiger partial charge in [-0.15, -0.1) is 0 Å². The fourth-order valence-corrected chi connectivity index (χ4v) is 11.1. The van der Waals surface area contributed by atoms with Gasteiger partial charge in [-0.1, -0.05) is 275 Å². The van der Waals surface area contributed by atoms with Crippen molar-refractivity contribution in [3.8, 4) is 0 Å². The first-order valence-corrected chi connectivity index (χ1v) is 33.2. The van der Waals surface area contributed by atoms with Crippen LogP contribution in [0.15, 0.2) is 36.5 Å². The molecule has 2 rings (SSSR count). The SMILES string of the molecule is C/C=C/CC/C=C/CC/C=C/C(O)C(COC1OC(CO)C(OC2OC(CO)C(O)C(O)C2O)C(O)C1O)NC(=O)CCCCCCCCCCCCCCCCCCCCCCCCCCCCCCCCCCCCCCC. The maximum absolute atomic E-state index is 13.2. The zero-order valence-corrected chi connectivity index (χ0v) is 50.8. The van der Waals surface area contributed by atoms with Crippen LogP contribution in [0.25, 0.3) is 0 Å². The van der Waals surface area contributed by atoms with E-state index in [1.807, 2.05) is 19.1 Å². The molecule has 2 fully saturated rings. The Bertz CT molecular complexity index is 1480. The van der Waals surface area contributed by atoms with Crippen LogP contribution in [-0.2, 0) is 23.7 Å². The van der Waals surface area contributed by atoms with Gasteiger partial charge >= 0.3 is 0 Å². The second kappa shape index (κ2) is 51.6. The lowest BCUT2D eigenvalue weighted by atomic mass is 9.97. The van der Waals surface area contributed by atoms with Crippen LogP contribution in [0, 0.1) is 0 Å². The predicted molar refractivity (Wildman–Crippen MR) is 323 cm³/mol. The van der Waals surface area contributed by atoms with Crippen LogP contribution >= 0.6 is 0 Å². The van der Waals surface area contributed by atoms with Gasteiger partial charge < -0.3 is 65.1 Å². The summed E-state index contributed by atoms with van der Waals surface area (Å²) < 4.78 is 22.7. The van der Waals surface area contributed by atoms with Crippen LogP contribution in [0.5, 0.6) is 0 Å². The molecule has 2 aliphatic rings. The lowest BCUT2D eigenvalue weighted by Crippen LogP contribution is -2.65. The Hall–Kier alpha value is -1.79. The number of aliphatic hydroxyl groups excluding tert-OH is 8. The lowest BCUT2D eigenvalue weighted by Gasteiger charge is -2.46. The van der Waals surface area contributed by atoms with Gasteiger partial charge in [0, 0.05) is 6.42 Å². The molecule has 2 saturated heterocycles. The number of allylic oxidation sites excluding steroid dienone is 5. The minimum Gasteiger partial charge on any atom is -0.394 e. The highest BCUT2D eigenvalue weighted by atomic mass is 16.7. The molecule has 0 spiro atoms. The van der Waals surface area contributed by atoms with Crippen molar-refractivity contribution in [3.05, 3.63) is 36.5 Å². The van der Waals surface area contributed by atoms with Gasteiger partial charge in [0.15, 0.2) is 12.6 Å². The van der Waals surface area contributed by atoms with Gasteiger partial charge in [0.2, 0.25) is 5.91 Å². The molecule has 12 atom stereocenters. The molecule has 0 aliphatic carbocycles. The molecular formula is C66H123NO13. The quantitative estimate of drug-likeness (QED) is 0.0204. The van der Waals surface area contributed by atoms with Gasteiger partial charge in [0.1, 0.15) is 48.8 Å². The summed E-state index contributed by atoms with van der Waals surface area (Å²) >= 11 is 0. The number of unbranched alkanes of at least 4 members (excludes halogenated alkanes) is 38. The van der Waals surface area contributed by atoms with E-state index in [0.717, 1.165) is 38.5 Å². The smallest absolute Gasteiger partial charge is 0.220 e. The molecule has 0 aromatic heterocycles. The number of aliphatic hydroxyl groups is 8. The van der Waals surface area contributed by atoms with Crippen molar-refractivity contribution < 1.29 is 64.6 Å². The molecule has 470 valence electrons. The standard InChI is InChI=1S/C66H123NO13/c1-3-5-7-9-11-13-14-15-16-17-18-19-20-21-22-23-24-25-26-27-28-29-30-31-32-33-34-35-36-37-38-39-40-42-44-46-48-50-58(71)67-54(55(70)49-47-45-43-41-12-10-8-6-4-2)53-77-65-63(76)61(74)64(57(52-69)79-65)80-66-62(75)60(73)59(72)56(51-68)78-66/h4,6,12,41,47,49,54-57,59-66,68-70,72-76H,3,5,7-11,13-40,42-46,48,50-53H2,1-2H3,(H,67,71)/b6-4+,41-12+,49-47+. The average Bonchev–Trinajstić information content (AvgIpc) is 3.49. The number of ether oxygens (including phenoxy) is 4. The largest absolute Gasteiger partial charge is 0.394 e. The van der Waals surface area contributed by atoms with E-state index in [1.54, 1.807) is 6.08 Å². The molecule has 2 aliphatic heterocycles. The van der Waals surface area contributed by atoms with E-state index in [1.165, 1.54) is 212 Å². The van der Waals surface area contributed by atoms with E-state index in [9.17, 15) is 45.6 Å². The van der Waals surface area contributed by atoms with Gasteiger partial charge in [-0.25, -0.2) is 0 Å². The summed E-state index contributed by atoms with van der Waals surface area (Å²) in [5.74, 6) is -0.252. The van der Waals surface area contributed by atoms with E-state index >= 15 is 0 Å². The average molecular weight is 1140 g/mol. The lowest BCUT2D eigenvalue weighted by molar-refractivity contribution is -0.359. The number of carbonyl (C=O) groups is 1. The van der Waals surface area contributed by atoms with Crippen LogP contribution in [0.2, 0.25) is 0 Å². The highest BCUT2D eigenvalue weighted by Crippen LogP contribution is 2.30. The van der Waals surface area contributed by atoms with Crippen LogP contribution < -0.4 is 5.32 Å². The van der Waals surface area contributed by atoms with E-state index in [-0.39, 0.29) is 18.9 Å². The number of hydrogen-bond acceptors (Lipinski definition) is 13. The molecule has 12 unspecified atom stereocenters. The fraction of sp³-hybridized carbons (Fsp3) is 0.894. The molecule has 1 amide bonds. The third-order valence-electron chi connectivity index (χ3n) is 16.4. The van der Waals surface area contributed by atoms with Crippen molar-refractivity contribution in [2.75, 3.05) is 19.8 Å². The minimum atomic E-state index is -1.79. The molecule has 0 saturated carbocycles. The van der Waals surface area contributed by atoms with E-state index in [0.29, 0.717) is 12.8 Å². The van der Waals surface area contributed by atoms with Crippen molar-refractivity contribution in [3.63, 3.8) is 0 Å². The van der Waals surface area contributed by atoms with Crippen molar-refractivity contribution >= 4 is 5.91 Å². The summed E-state index contributed by atoms with van der Waals surface area (Å²) in [4.78, 5) is 13.2. The molecule has 14 nitrogen and oxygen atoms in total. The zero-order valence-electron chi connectivity index (χ0n) is 50.8. The fourth-order valence-electron chi connectivity index (χ4n) is 11.1. The number of nitrogens with one attached hydrogen (secondary N) is 1.